The van der Waals surface area contributed by atoms with Gasteiger partial charge in [-0.25, -0.2) is 0 Å². The van der Waals surface area contributed by atoms with Crippen molar-refractivity contribution in [2.24, 2.45) is 5.92 Å². The first-order valence-electron chi connectivity index (χ1n) is 6.45. The lowest BCUT2D eigenvalue weighted by Crippen LogP contribution is -2.10. The quantitative estimate of drug-likeness (QED) is 0.667. The van der Waals surface area contributed by atoms with Crippen LogP contribution < -0.4 is 0 Å². The molecule has 0 nitrogen and oxygen atoms in total. The standard InChI is InChI=1S/C16H17Cl/c17-16-10-4-8-14(16)11-13-7-3-6-12-5-1-2-9-15(12)13/h1-3,5-7,9,14,16H,4,8,10-11H2. The molecule has 2 aromatic carbocycles. The van der Waals surface area contributed by atoms with Gasteiger partial charge in [-0.05, 0) is 41.5 Å². The van der Waals surface area contributed by atoms with Crippen LogP contribution in [0, 0.1) is 5.92 Å². The topological polar surface area (TPSA) is 0 Å². The summed E-state index contributed by atoms with van der Waals surface area (Å²) < 4.78 is 0. The molecule has 0 heterocycles. The van der Waals surface area contributed by atoms with E-state index in [0.717, 1.165) is 6.42 Å². The zero-order valence-electron chi connectivity index (χ0n) is 9.90. The second-order valence-electron chi connectivity index (χ2n) is 5.05. The van der Waals surface area contributed by atoms with Crippen molar-refractivity contribution >= 4 is 22.4 Å². The van der Waals surface area contributed by atoms with E-state index in [9.17, 15) is 0 Å². The summed E-state index contributed by atoms with van der Waals surface area (Å²) in [5.74, 6) is 0.669. The third-order valence-electron chi connectivity index (χ3n) is 3.93. The maximum atomic E-state index is 6.38. The largest absolute Gasteiger partial charge is 0.123 e. The van der Waals surface area contributed by atoms with Gasteiger partial charge in [-0.2, -0.15) is 0 Å². The summed E-state index contributed by atoms with van der Waals surface area (Å²) in [6, 6.07) is 15.2. The van der Waals surface area contributed by atoms with Crippen LogP contribution >= 0.6 is 11.6 Å². The van der Waals surface area contributed by atoms with Crippen molar-refractivity contribution in [3.63, 3.8) is 0 Å². The zero-order chi connectivity index (χ0) is 11.7. The fraction of sp³-hybridized carbons (Fsp3) is 0.375. The van der Waals surface area contributed by atoms with Crippen molar-refractivity contribution in [1.82, 2.24) is 0 Å². The molecular formula is C16H17Cl. The van der Waals surface area contributed by atoms with Crippen LogP contribution in [0.3, 0.4) is 0 Å². The van der Waals surface area contributed by atoms with Crippen molar-refractivity contribution in [1.29, 1.82) is 0 Å². The molecule has 2 unspecified atom stereocenters. The third kappa shape index (κ3) is 2.19. The molecule has 88 valence electrons. The molecule has 0 bridgehead atoms. The highest BCUT2D eigenvalue weighted by Gasteiger charge is 2.25. The Morgan fingerprint density at radius 3 is 2.65 bits per heavy atom. The Balaban J connectivity index is 1.94. The highest BCUT2D eigenvalue weighted by Crippen LogP contribution is 2.34. The number of hydrogen-bond acceptors (Lipinski definition) is 0. The predicted molar refractivity (Wildman–Crippen MR) is 74.6 cm³/mol. The van der Waals surface area contributed by atoms with Crippen LogP contribution in [0.2, 0.25) is 0 Å². The maximum absolute atomic E-state index is 6.38. The molecule has 0 aliphatic heterocycles. The fourth-order valence-corrected chi connectivity index (χ4v) is 3.34. The molecule has 1 heteroatoms. The van der Waals surface area contributed by atoms with Crippen molar-refractivity contribution in [2.75, 3.05) is 0 Å². The van der Waals surface area contributed by atoms with Gasteiger partial charge in [-0.3, -0.25) is 0 Å². The third-order valence-corrected chi connectivity index (χ3v) is 4.50. The monoisotopic (exact) mass is 244 g/mol. The van der Waals surface area contributed by atoms with E-state index in [4.69, 9.17) is 11.6 Å². The molecule has 2 atom stereocenters. The predicted octanol–water partition coefficient (Wildman–Crippen LogP) is 4.79. The lowest BCUT2D eigenvalue weighted by molar-refractivity contribution is 0.554. The molecular weight excluding hydrogens is 228 g/mol. The SMILES string of the molecule is ClC1CCCC1Cc1cccc2ccccc12. The average Bonchev–Trinajstić information content (AvgIpc) is 2.76. The number of hydrogen-bond donors (Lipinski definition) is 0. The van der Waals surface area contributed by atoms with E-state index < -0.39 is 0 Å². The molecule has 0 spiro atoms. The van der Waals surface area contributed by atoms with Gasteiger partial charge in [0.15, 0.2) is 0 Å². The minimum absolute atomic E-state index is 0.383. The minimum Gasteiger partial charge on any atom is -0.123 e. The van der Waals surface area contributed by atoms with E-state index in [2.05, 4.69) is 42.5 Å². The van der Waals surface area contributed by atoms with Crippen LogP contribution in [0.15, 0.2) is 42.5 Å². The molecule has 2 aromatic rings. The summed E-state index contributed by atoms with van der Waals surface area (Å²) in [7, 11) is 0. The lowest BCUT2D eigenvalue weighted by Gasteiger charge is -2.15. The van der Waals surface area contributed by atoms with Crippen LogP contribution in [0.4, 0.5) is 0 Å². The van der Waals surface area contributed by atoms with Crippen molar-refractivity contribution in [3.05, 3.63) is 48.0 Å². The first kappa shape index (κ1) is 11.1. The number of alkyl halides is 1. The Bertz CT molecular complexity index is 512. The van der Waals surface area contributed by atoms with Crippen LogP contribution in [0.25, 0.3) is 10.8 Å². The number of halogens is 1. The summed E-state index contributed by atoms with van der Waals surface area (Å²) >= 11 is 6.38. The van der Waals surface area contributed by atoms with Gasteiger partial charge in [0.25, 0.3) is 0 Å². The highest BCUT2D eigenvalue weighted by atomic mass is 35.5. The summed E-state index contributed by atoms with van der Waals surface area (Å²) in [6.07, 6.45) is 4.91. The van der Waals surface area contributed by atoms with Gasteiger partial charge >= 0.3 is 0 Å². The van der Waals surface area contributed by atoms with Crippen LogP contribution in [0.5, 0.6) is 0 Å². The van der Waals surface area contributed by atoms with Gasteiger partial charge in [0.2, 0.25) is 0 Å². The van der Waals surface area contributed by atoms with Gasteiger partial charge in [-0.15, -0.1) is 11.6 Å². The van der Waals surface area contributed by atoms with Crippen molar-refractivity contribution in [2.45, 2.75) is 31.1 Å². The van der Waals surface area contributed by atoms with E-state index in [1.54, 1.807) is 0 Å². The molecule has 0 N–H and O–H groups in total. The second-order valence-corrected chi connectivity index (χ2v) is 5.61. The molecule has 0 amide bonds. The first-order valence-corrected chi connectivity index (χ1v) is 6.89. The minimum atomic E-state index is 0.383. The Hall–Kier alpha value is -1.01. The van der Waals surface area contributed by atoms with E-state index in [0.29, 0.717) is 11.3 Å². The Morgan fingerprint density at radius 2 is 1.82 bits per heavy atom. The summed E-state index contributed by atoms with van der Waals surface area (Å²) in [5.41, 5.74) is 1.46. The van der Waals surface area contributed by atoms with Gasteiger partial charge in [-0.1, -0.05) is 48.9 Å². The van der Waals surface area contributed by atoms with Crippen LogP contribution in [-0.2, 0) is 6.42 Å². The highest BCUT2D eigenvalue weighted by molar-refractivity contribution is 6.21. The number of benzene rings is 2. The second kappa shape index (κ2) is 4.70. The van der Waals surface area contributed by atoms with Crippen molar-refractivity contribution < 1.29 is 0 Å². The fourth-order valence-electron chi connectivity index (χ4n) is 2.97. The van der Waals surface area contributed by atoms with E-state index in [1.165, 1.54) is 35.6 Å². The van der Waals surface area contributed by atoms with Gasteiger partial charge < -0.3 is 0 Å². The van der Waals surface area contributed by atoms with Gasteiger partial charge in [0.1, 0.15) is 0 Å². The van der Waals surface area contributed by atoms with Crippen molar-refractivity contribution in [3.8, 4) is 0 Å². The average molecular weight is 245 g/mol. The molecule has 1 fully saturated rings. The molecule has 17 heavy (non-hydrogen) atoms. The zero-order valence-corrected chi connectivity index (χ0v) is 10.7. The number of fused-ring (bicyclic) bond motifs is 1. The molecule has 0 radical (unpaired) electrons. The molecule has 0 saturated heterocycles. The van der Waals surface area contributed by atoms with E-state index >= 15 is 0 Å². The summed E-state index contributed by atoms with van der Waals surface area (Å²) in [5, 5.41) is 3.12. The summed E-state index contributed by atoms with van der Waals surface area (Å²) in [6.45, 7) is 0. The molecule has 0 aromatic heterocycles. The molecule has 1 aliphatic carbocycles. The number of rotatable bonds is 2. The van der Waals surface area contributed by atoms with E-state index in [-0.39, 0.29) is 0 Å². The van der Waals surface area contributed by atoms with Crippen LogP contribution in [0.1, 0.15) is 24.8 Å². The first-order chi connectivity index (χ1) is 8.34. The molecule has 3 rings (SSSR count). The Kier molecular flexibility index (Phi) is 3.07. The van der Waals surface area contributed by atoms with Gasteiger partial charge in [0, 0.05) is 5.38 Å². The molecule has 1 saturated carbocycles. The normalized spacial score (nSPS) is 24.3. The molecule has 1 aliphatic rings. The van der Waals surface area contributed by atoms with E-state index in [1.807, 2.05) is 0 Å². The summed E-state index contributed by atoms with van der Waals surface area (Å²) in [4.78, 5) is 0. The Morgan fingerprint density at radius 1 is 1.00 bits per heavy atom. The van der Waals surface area contributed by atoms with Gasteiger partial charge in [0.05, 0.1) is 0 Å². The lowest BCUT2D eigenvalue weighted by atomic mass is 9.94. The smallest absolute Gasteiger partial charge is 0.0367 e. The Labute approximate surface area is 108 Å². The maximum Gasteiger partial charge on any atom is 0.0367 e. The van der Waals surface area contributed by atoms with Crippen LogP contribution in [-0.4, -0.2) is 5.38 Å².